The molecule has 0 radical (unpaired) electrons. The first-order chi connectivity index (χ1) is 15.5. The molecule has 0 unspecified atom stereocenters. The average Bonchev–Trinajstić information content (AvgIpc) is 2.80. The van der Waals surface area contributed by atoms with Gasteiger partial charge in [0.25, 0.3) is 0 Å². The Bertz CT molecular complexity index is 677. The first-order valence-corrected chi connectivity index (χ1v) is 12.0. The Labute approximate surface area is 192 Å². The summed E-state index contributed by atoms with van der Waals surface area (Å²) in [6, 6.07) is 3.61. The molecule has 2 rings (SSSR count). The minimum atomic E-state index is -1.07. The molecular weight excluding hydrogens is 411 g/mol. The number of halogens is 1. The Kier molecular flexibility index (Phi) is 12.5. The van der Waals surface area contributed by atoms with E-state index in [0.717, 1.165) is 69.5 Å². The van der Waals surface area contributed by atoms with Crippen LogP contribution in [0.4, 0.5) is 10.2 Å². The lowest BCUT2D eigenvalue weighted by Crippen LogP contribution is -2.39. The first kappa shape index (κ1) is 26.5. The highest BCUT2D eigenvalue weighted by molar-refractivity contribution is 5.75. The van der Waals surface area contributed by atoms with Crippen LogP contribution in [0.2, 0.25) is 0 Å². The number of hydrogen-bond donors (Lipinski definition) is 2. The van der Waals surface area contributed by atoms with Gasteiger partial charge in [0.2, 0.25) is 0 Å². The molecule has 7 nitrogen and oxygen atoms in total. The number of carbonyl (C=O) groups excluding carboxylic acids is 1. The first-order valence-electron chi connectivity index (χ1n) is 12.0. The maximum atomic E-state index is 14.2. The van der Waals surface area contributed by atoms with E-state index in [1.807, 2.05) is 11.8 Å². The van der Waals surface area contributed by atoms with Crippen LogP contribution in [0.5, 0.6) is 0 Å². The van der Waals surface area contributed by atoms with Crippen LogP contribution in [0.25, 0.3) is 0 Å². The van der Waals surface area contributed by atoms with Crippen molar-refractivity contribution in [3.63, 3.8) is 0 Å². The third kappa shape index (κ3) is 9.79. The molecule has 2 atom stereocenters. The number of methoxy groups -OCH3 is 1. The molecule has 32 heavy (non-hydrogen) atoms. The normalized spacial score (nSPS) is 15.2. The Hall–Kier alpha value is -1.77. The molecule has 3 N–H and O–H groups in total. The van der Waals surface area contributed by atoms with Crippen molar-refractivity contribution in [3.8, 4) is 0 Å². The van der Waals surface area contributed by atoms with E-state index in [1.54, 1.807) is 0 Å². The van der Waals surface area contributed by atoms with Gasteiger partial charge in [0.05, 0.1) is 13.2 Å². The van der Waals surface area contributed by atoms with E-state index in [2.05, 4.69) is 17.4 Å². The molecule has 0 saturated carbocycles. The fourth-order valence-electron chi connectivity index (χ4n) is 3.82. The molecule has 1 aromatic heterocycles. The fraction of sp³-hybridized carbons (Fsp3) is 0.750. The number of rotatable bonds is 16. The Morgan fingerprint density at radius 3 is 2.94 bits per heavy atom. The predicted octanol–water partition coefficient (Wildman–Crippen LogP) is 3.11. The second-order valence-corrected chi connectivity index (χ2v) is 8.57. The molecule has 0 amide bonds. The van der Waals surface area contributed by atoms with Crippen LogP contribution in [-0.4, -0.2) is 74.6 Å². The average molecular weight is 453 g/mol. The van der Waals surface area contributed by atoms with Crippen molar-refractivity contribution < 1.29 is 18.7 Å². The Morgan fingerprint density at radius 2 is 2.16 bits per heavy atom. The number of carbonyl (C=O) groups is 1. The van der Waals surface area contributed by atoms with Gasteiger partial charge in [-0.15, -0.1) is 0 Å². The molecule has 8 heteroatoms. The van der Waals surface area contributed by atoms with E-state index >= 15 is 0 Å². The lowest BCUT2D eigenvalue weighted by molar-refractivity contribution is -0.145. The number of unbranched alkanes of at least 4 members (excludes halogenated alkanes) is 2. The highest BCUT2D eigenvalue weighted by Crippen LogP contribution is 2.20. The molecule has 1 aliphatic rings. The van der Waals surface area contributed by atoms with Gasteiger partial charge < -0.3 is 25.4 Å². The number of fused-ring (bicyclic) bond motifs is 1. The summed E-state index contributed by atoms with van der Waals surface area (Å²) in [6.07, 6.45) is 6.20. The number of alkyl halides is 1. The van der Waals surface area contributed by atoms with Gasteiger partial charge in [-0.25, -0.2) is 9.37 Å². The van der Waals surface area contributed by atoms with Crippen molar-refractivity contribution in [3.05, 3.63) is 23.4 Å². The Morgan fingerprint density at radius 1 is 1.31 bits per heavy atom. The standard InChI is InChI=1S/C24H41FN4O3/c1-3-4-16-32-24(30)22(26)12-15-29(17-20(25)18-31-2)14-6-5-9-21-11-10-19-8-7-13-27-23(19)28-21/h10-11,20,22H,3-9,12-18,26H2,1-2H3,(H,27,28)/t20-,22-/m0/s1. The minimum Gasteiger partial charge on any atom is -0.465 e. The number of nitrogens with one attached hydrogen (secondary N) is 1. The highest BCUT2D eigenvalue weighted by Gasteiger charge is 2.19. The number of ether oxygens (including phenoxy) is 2. The fourth-order valence-corrected chi connectivity index (χ4v) is 3.82. The zero-order valence-corrected chi connectivity index (χ0v) is 19.8. The van der Waals surface area contributed by atoms with Crippen LogP contribution in [0.3, 0.4) is 0 Å². The smallest absolute Gasteiger partial charge is 0.322 e. The molecule has 0 aliphatic carbocycles. The summed E-state index contributed by atoms with van der Waals surface area (Å²) in [5, 5.41) is 3.38. The van der Waals surface area contributed by atoms with E-state index in [4.69, 9.17) is 20.2 Å². The number of pyridine rings is 1. The third-order valence-corrected chi connectivity index (χ3v) is 5.71. The number of esters is 1. The molecule has 0 saturated heterocycles. The summed E-state index contributed by atoms with van der Waals surface area (Å²) in [7, 11) is 1.50. The quantitative estimate of drug-likeness (QED) is 0.294. The topological polar surface area (TPSA) is 89.7 Å². The van der Waals surface area contributed by atoms with Crippen molar-refractivity contribution in [2.45, 2.75) is 70.5 Å². The van der Waals surface area contributed by atoms with Crippen molar-refractivity contribution >= 4 is 11.8 Å². The van der Waals surface area contributed by atoms with Gasteiger partial charge in [-0.05, 0) is 63.1 Å². The van der Waals surface area contributed by atoms with Crippen molar-refractivity contribution in [1.82, 2.24) is 9.88 Å². The van der Waals surface area contributed by atoms with Crippen LogP contribution in [0, 0.1) is 0 Å². The monoisotopic (exact) mass is 452 g/mol. The summed E-state index contributed by atoms with van der Waals surface area (Å²) in [6.45, 7) is 5.05. The molecule has 182 valence electrons. The van der Waals surface area contributed by atoms with Gasteiger partial charge in [0.15, 0.2) is 0 Å². The van der Waals surface area contributed by atoms with E-state index in [9.17, 15) is 9.18 Å². The molecule has 1 aromatic rings. The maximum absolute atomic E-state index is 14.2. The second kappa shape index (κ2) is 15.1. The summed E-state index contributed by atoms with van der Waals surface area (Å²) < 4.78 is 24.3. The lowest BCUT2D eigenvalue weighted by atomic mass is 10.1. The van der Waals surface area contributed by atoms with Crippen molar-refractivity contribution in [2.24, 2.45) is 5.73 Å². The maximum Gasteiger partial charge on any atom is 0.322 e. The van der Waals surface area contributed by atoms with Crippen LogP contribution < -0.4 is 11.1 Å². The van der Waals surface area contributed by atoms with Crippen LogP contribution in [-0.2, 0) is 27.1 Å². The SMILES string of the molecule is CCCCOC(=O)[C@@H](N)CCN(CCCCc1ccc2c(n1)NCCC2)C[C@H](F)COC. The van der Waals surface area contributed by atoms with E-state index in [0.29, 0.717) is 19.6 Å². The largest absolute Gasteiger partial charge is 0.465 e. The molecule has 0 bridgehead atoms. The molecular formula is C24H41FN4O3. The molecule has 0 spiro atoms. The van der Waals surface area contributed by atoms with Crippen LogP contribution >= 0.6 is 0 Å². The summed E-state index contributed by atoms with van der Waals surface area (Å²) in [5.74, 6) is 0.647. The van der Waals surface area contributed by atoms with E-state index < -0.39 is 12.2 Å². The van der Waals surface area contributed by atoms with Crippen LogP contribution in [0.1, 0.15) is 56.7 Å². The number of nitrogens with zero attached hydrogens (tertiary/aromatic N) is 2. The zero-order chi connectivity index (χ0) is 23.2. The second-order valence-electron chi connectivity index (χ2n) is 8.57. The molecule has 0 fully saturated rings. The summed E-state index contributed by atoms with van der Waals surface area (Å²) in [4.78, 5) is 18.8. The molecule has 2 heterocycles. The highest BCUT2D eigenvalue weighted by atomic mass is 19.1. The van der Waals surface area contributed by atoms with Crippen LogP contribution in [0.15, 0.2) is 12.1 Å². The number of anilines is 1. The predicted molar refractivity (Wildman–Crippen MR) is 126 cm³/mol. The molecule has 0 aromatic carbocycles. The number of nitrogens with two attached hydrogens (primary N) is 1. The van der Waals surface area contributed by atoms with Gasteiger partial charge >= 0.3 is 5.97 Å². The zero-order valence-electron chi connectivity index (χ0n) is 19.8. The Balaban J connectivity index is 1.77. The van der Waals surface area contributed by atoms with Gasteiger partial charge in [-0.2, -0.15) is 0 Å². The van der Waals surface area contributed by atoms with E-state index in [1.165, 1.54) is 12.7 Å². The number of hydrogen-bond acceptors (Lipinski definition) is 7. The number of aromatic nitrogens is 1. The lowest BCUT2D eigenvalue weighted by Gasteiger charge is -2.25. The minimum absolute atomic E-state index is 0.0632. The van der Waals surface area contributed by atoms with Gasteiger partial charge in [0.1, 0.15) is 18.0 Å². The van der Waals surface area contributed by atoms with Gasteiger partial charge in [0, 0.05) is 32.4 Å². The van der Waals surface area contributed by atoms with Gasteiger partial charge in [-0.3, -0.25) is 4.79 Å². The summed E-state index contributed by atoms with van der Waals surface area (Å²) >= 11 is 0. The number of aryl methyl sites for hydroxylation is 2. The van der Waals surface area contributed by atoms with E-state index in [-0.39, 0.29) is 19.1 Å². The summed E-state index contributed by atoms with van der Waals surface area (Å²) in [5.41, 5.74) is 8.37. The van der Waals surface area contributed by atoms with Crippen molar-refractivity contribution in [1.29, 1.82) is 0 Å². The van der Waals surface area contributed by atoms with Gasteiger partial charge in [-0.1, -0.05) is 19.4 Å². The van der Waals surface area contributed by atoms with Crippen molar-refractivity contribution in [2.75, 3.05) is 51.8 Å². The molecule has 1 aliphatic heterocycles. The third-order valence-electron chi connectivity index (χ3n) is 5.71.